The van der Waals surface area contributed by atoms with Crippen molar-refractivity contribution in [3.05, 3.63) is 28.7 Å². The van der Waals surface area contributed by atoms with E-state index in [4.69, 9.17) is 16.0 Å². The maximum absolute atomic E-state index is 12.3. The summed E-state index contributed by atoms with van der Waals surface area (Å²) in [4.78, 5) is 8.33. The highest BCUT2D eigenvalue weighted by Crippen LogP contribution is 2.26. The maximum atomic E-state index is 12.3. The molecule has 7 nitrogen and oxygen atoms in total. The molecule has 3 heterocycles. The number of nitrogens with one attached hydrogen (secondary N) is 1. The molecule has 0 saturated carbocycles. The van der Waals surface area contributed by atoms with E-state index in [-0.39, 0.29) is 16.2 Å². The third kappa shape index (κ3) is 2.09. The molecule has 3 rings (SSSR count). The molecule has 1 N–H and O–H groups in total. The highest BCUT2D eigenvalue weighted by molar-refractivity contribution is 7.92. The minimum absolute atomic E-state index is 0.0948. The van der Waals surface area contributed by atoms with Crippen molar-refractivity contribution < 1.29 is 12.8 Å². The minimum atomic E-state index is -3.91. The summed E-state index contributed by atoms with van der Waals surface area (Å²) in [6, 6.07) is -0.112. The summed E-state index contributed by atoms with van der Waals surface area (Å²) in [7, 11) is -3.91. The first-order valence-corrected chi connectivity index (χ1v) is 7.77. The normalized spacial score (nSPS) is 12.1. The monoisotopic (exact) mass is 318 g/mol. The van der Waals surface area contributed by atoms with Crippen molar-refractivity contribution >= 4 is 43.9 Å². The average Bonchev–Trinajstić information content (AvgIpc) is 2.93. The number of halogens is 1. The van der Waals surface area contributed by atoms with Gasteiger partial charge in [0.05, 0.1) is 5.69 Å². The van der Waals surface area contributed by atoms with E-state index in [1.165, 1.54) is 22.0 Å². The second-order valence-corrected chi connectivity index (χ2v) is 6.49. The highest BCUT2D eigenvalue weighted by Gasteiger charge is 2.26. The van der Waals surface area contributed by atoms with Crippen LogP contribution in [0.5, 0.6) is 0 Å². The Kier molecular flexibility index (Phi) is 2.77. The molecular weight excluding hydrogens is 312 g/mol. The van der Waals surface area contributed by atoms with Crippen LogP contribution in [-0.4, -0.2) is 22.8 Å². The second-order valence-electron chi connectivity index (χ2n) is 3.66. The largest absolute Gasteiger partial charge is 0.431 e. The average molecular weight is 319 g/mol. The minimum Gasteiger partial charge on any atom is -0.431 e. The van der Waals surface area contributed by atoms with Gasteiger partial charge in [-0.05, 0) is 6.92 Å². The van der Waals surface area contributed by atoms with E-state index in [0.717, 1.165) is 0 Å². The Morgan fingerprint density at radius 3 is 2.95 bits per heavy atom. The van der Waals surface area contributed by atoms with Crippen LogP contribution in [0.4, 0.5) is 6.01 Å². The van der Waals surface area contributed by atoms with Crippen LogP contribution in [0.15, 0.2) is 27.3 Å². The molecule has 0 atom stereocenters. The van der Waals surface area contributed by atoms with E-state index in [2.05, 4.69) is 14.7 Å². The van der Waals surface area contributed by atoms with Crippen molar-refractivity contribution in [1.82, 2.24) is 14.4 Å². The lowest BCUT2D eigenvalue weighted by Crippen LogP contribution is -2.15. The van der Waals surface area contributed by atoms with Crippen LogP contribution in [0.25, 0.3) is 4.96 Å². The van der Waals surface area contributed by atoms with Gasteiger partial charge in [-0.2, -0.15) is 13.4 Å². The summed E-state index contributed by atoms with van der Waals surface area (Å²) in [6.45, 7) is 1.68. The van der Waals surface area contributed by atoms with Gasteiger partial charge in [0, 0.05) is 11.6 Å². The Morgan fingerprint density at radius 2 is 2.26 bits per heavy atom. The number of fused-ring (bicyclic) bond motifs is 1. The summed E-state index contributed by atoms with van der Waals surface area (Å²) >= 11 is 7.15. The molecule has 0 aliphatic carbocycles. The van der Waals surface area contributed by atoms with E-state index in [1.807, 2.05) is 0 Å². The number of rotatable bonds is 3. The molecule has 10 heteroatoms. The Bertz CT molecular complexity index is 848. The molecule has 100 valence electrons. The molecule has 0 spiro atoms. The van der Waals surface area contributed by atoms with Gasteiger partial charge >= 0.3 is 6.01 Å². The predicted octanol–water partition coefficient (Wildman–Crippen LogP) is 2.15. The quantitative estimate of drug-likeness (QED) is 0.799. The lowest BCUT2D eigenvalue weighted by atomic mass is 10.6. The van der Waals surface area contributed by atoms with Crippen molar-refractivity contribution in [3.8, 4) is 0 Å². The van der Waals surface area contributed by atoms with Gasteiger partial charge in [-0.3, -0.25) is 4.40 Å². The number of aromatic nitrogens is 3. The molecular formula is C9H7ClN4O3S2. The van der Waals surface area contributed by atoms with Gasteiger partial charge in [-0.15, -0.1) is 11.3 Å². The van der Waals surface area contributed by atoms with E-state index in [9.17, 15) is 8.42 Å². The summed E-state index contributed by atoms with van der Waals surface area (Å²) < 4.78 is 33.1. The molecule has 0 aromatic carbocycles. The SMILES string of the molecule is Cc1coc(NS(=O)(=O)c2c(Cl)nc3sccn23)n1. The number of thiazole rings is 1. The summed E-state index contributed by atoms with van der Waals surface area (Å²) in [5.74, 6) is 0. The van der Waals surface area contributed by atoms with Gasteiger partial charge in [0.25, 0.3) is 10.0 Å². The van der Waals surface area contributed by atoms with Crippen molar-refractivity contribution in [3.63, 3.8) is 0 Å². The smallest absolute Gasteiger partial charge is 0.309 e. The third-order valence-electron chi connectivity index (χ3n) is 2.27. The van der Waals surface area contributed by atoms with Gasteiger partial charge in [-0.1, -0.05) is 11.6 Å². The van der Waals surface area contributed by atoms with Crippen LogP contribution in [-0.2, 0) is 10.0 Å². The Hall–Kier alpha value is -1.58. The zero-order chi connectivity index (χ0) is 13.6. The van der Waals surface area contributed by atoms with Crippen molar-refractivity contribution in [2.24, 2.45) is 0 Å². The predicted molar refractivity (Wildman–Crippen MR) is 70.1 cm³/mol. The van der Waals surface area contributed by atoms with Crippen molar-refractivity contribution in [2.45, 2.75) is 11.9 Å². The van der Waals surface area contributed by atoms with Gasteiger partial charge in [0.2, 0.25) is 0 Å². The number of aryl methyl sites for hydroxylation is 1. The highest BCUT2D eigenvalue weighted by atomic mass is 35.5. The number of hydrogen-bond acceptors (Lipinski definition) is 6. The van der Waals surface area contributed by atoms with Crippen LogP contribution in [0.1, 0.15) is 5.69 Å². The molecule has 0 aliphatic heterocycles. The van der Waals surface area contributed by atoms with E-state index in [1.54, 1.807) is 18.5 Å². The standard InChI is InChI=1S/C9H7ClN4O3S2/c1-5-4-17-8(11-5)13-19(15,16)7-6(10)12-9-14(7)2-3-18-9/h2-4H,1H3,(H,11,13). The summed E-state index contributed by atoms with van der Waals surface area (Å²) in [5, 5.41) is 1.48. The lowest BCUT2D eigenvalue weighted by molar-refractivity contribution is 0.568. The molecule has 3 aromatic heterocycles. The van der Waals surface area contributed by atoms with Gasteiger partial charge in [0.15, 0.2) is 15.1 Å². The Labute approximate surface area is 116 Å². The molecule has 19 heavy (non-hydrogen) atoms. The third-order valence-corrected chi connectivity index (χ3v) is 4.75. The molecule has 0 aliphatic rings. The molecule has 0 fully saturated rings. The number of nitrogens with zero attached hydrogens (tertiary/aromatic N) is 3. The molecule has 0 bridgehead atoms. The van der Waals surface area contributed by atoms with Gasteiger partial charge in [0.1, 0.15) is 6.26 Å². The van der Waals surface area contributed by atoms with Crippen LogP contribution >= 0.6 is 22.9 Å². The molecule has 0 saturated heterocycles. The van der Waals surface area contributed by atoms with Crippen LogP contribution in [0, 0.1) is 6.92 Å². The fourth-order valence-corrected chi connectivity index (χ4v) is 3.93. The van der Waals surface area contributed by atoms with Crippen LogP contribution in [0.2, 0.25) is 5.15 Å². The lowest BCUT2D eigenvalue weighted by Gasteiger charge is -2.03. The fraction of sp³-hybridized carbons (Fsp3) is 0.111. The number of oxazole rings is 1. The van der Waals surface area contributed by atoms with E-state index >= 15 is 0 Å². The molecule has 0 unspecified atom stereocenters. The van der Waals surface area contributed by atoms with E-state index < -0.39 is 10.0 Å². The summed E-state index contributed by atoms with van der Waals surface area (Å²) in [5.41, 5.74) is 0.567. The van der Waals surface area contributed by atoms with E-state index in [0.29, 0.717) is 10.7 Å². The molecule has 0 radical (unpaired) electrons. The van der Waals surface area contributed by atoms with Gasteiger partial charge in [-0.25, -0.2) is 9.71 Å². The van der Waals surface area contributed by atoms with Crippen molar-refractivity contribution in [1.29, 1.82) is 0 Å². The first-order valence-electron chi connectivity index (χ1n) is 5.03. The number of anilines is 1. The zero-order valence-electron chi connectivity index (χ0n) is 9.49. The van der Waals surface area contributed by atoms with Crippen LogP contribution < -0.4 is 4.72 Å². The number of sulfonamides is 1. The summed E-state index contributed by atoms with van der Waals surface area (Å²) in [6.07, 6.45) is 2.92. The number of hydrogen-bond donors (Lipinski definition) is 1. The van der Waals surface area contributed by atoms with Gasteiger partial charge < -0.3 is 4.42 Å². The topological polar surface area (TPSA) is 89.5 Å². The first kappa shape index (κ1) is 12.5. The number of imidazole rings is 1. The van der Waals surface area contributed by atoms with Crippen LogP contribution in [0.3, 0.4) is 0 Å². The molecule has 0 amide bonds. The Balaban J connectivity index is 2.09. The van der Waals surface area contributed by atoms with Crippen molar-refractivity contribution in [2.75, 3.05) is 4.72 Å². The first-order chi connectivity index (χ1) is 8.97. The molecule has 3 aromatic rings. The fourth-order valence-electron chi connectivity index (χ4n) is 1.54. The Morgan fingerprint density at radius 1 is 1.47 bits per heavy atom. The second kappa shape index (κ2) is 4.22. The zero-order valence-corrected chi connectivity index (χ0v) is 11.9. The maximum Gasteiger partial charge on any atom is 0.309 e.